The van der Waals surface area contributed by atoms with E-state index in [4.69, 9.17) is 0 Å². The lowest BCUT2D eigenvalue weighted by Gasteiger charge is -2.24. The molecule has 0 bridgehead atoms. The van der Waals surface area contributed by atoms with E-state index in [-0.39, 0.29) is 5.41 Å². The van der Waals surface area contributed by atoms with Crippen LogP contribution < -0.4 is 0 Å². The van der Waals surface area contributed by atoms with Crippen LogP contribution in [0.25, 0.3) is 0 Å². The lowest BCUT2D eigenvalue weighted by Crippen LogP contribution is -2.13. The summed E-state index contributed by atoms with van der Waals surface area (Å²) in [5, 5.41) is 0. The molecule has 1 heteroatoms. The van der Waals surface area contributed by atoms with Crippen molar-refractivity contribution in [3.8, 4) is 0 Å². The van der Waals surface area contributed by atoms with Gasteiger partial charge < -0.3 is 0 Å². The first-order valence-corrected chi connectivity index (χ1v) is 10.0. The quantitative estimate of drug-likeness (QED) is 0.256. The zero-order valence-electron chi connectivity index (χ0n) is 17.0. The average Bonchev–Trinajstić information content (AvgIpc) is 2.71. The van der Waals surface area contributed by atoms with E-state index in [0.717, 1.165) is 17.3 Å². The van der Waals surface area contributed by atoms with Crippen molar-refractivity contribution in [1.29, 1.82) is 0 Å². The Morgan fingerprint density at radius 1 is 1.00 bits per heavy atom. The molecule has 1 fully saturated rings. The van der Waals surface area contributed by atoms with Crippen molar-refractivity contribution in [2.45, 2.75) is 112 Å². The first-order chi connectivity index (χ1) is 10.8. The van der Waals surface area contributed by atoms with Crippen molar-refractivity contribution in [3.05, 3.63) is 12.3 Å². The van der Waals surface area contributed by atoms with Gasteiger partial charge in [-0.2, -0.15) is 0 Å². The lowest BCUT2D eigenvalue weighted by atomic mass is 9.84. The van der Waals surface area contributed by atoms with Crippen LogP contribution in [0, 0.1) is 11.3 Å². The van der Waals surface area contributed by atoms with Crippen LogP contribution in [-0.4, -0.2) is 5.71 Å². The lowest BCUT2D eigenvalue weighted by molar-refractivity contribution is 0.382. The molecule has 23 heavy (non-hydrogen) atoms. The highest BCUT2D eigenvalue weighted by atomic mass is 14.8. The first-order valence-electron chi connectivity index (χ1n) is 10.0. The van der Waals surface area contributed by atoms with Gasteiger partial charge in [0, 0.05) is 16.8 Å². The summed E-state index contributed by atoms with van der Waals surface area (Å²) in [7, 11) is 0. The standard InChI is InChI=1S/C14H27N.C8H16/c1-7-8-9-10-11-14(5,6)13(4)15-12(2)3;1-8-6-4-2-3-5-7-8/h4,7-11H2,1-3,5-6H3;8H,2-7H2,1H3. The molecular weight excluding hydrogens is 278 g/mol. The van der Waals surface area contributed by atoms with Gasteiger partial charge in [-0.05, 0) is 26.2 Å². The van der Waals surface area contributed by atoms with E-state index in [0.29, 0.717) is 0 Å². The van der Waals surface area contributed by atoms with Crippen LogP contribution in [0.5, 0.6) is 0 Å². The van der Waals surface area contributed by atoms with Crippen molar-refractivity contribution < 1.29 is 0 Å². The maximum Gasteiger partial charge on any atom is 0.0387 e. The van der Waals surface area contributed by atoms with Crippen LogP contribution in [-0.2, 0) is 0 Å². The topological polar surface area (TPSA) is 12.4 Å². The zero-order chi connectivity index (χ0) is 17.7. The number of hydrogen-bond acceptors (Lipinski definition) is 1. The van der Waals surface area contributed by atoms with Gasteiger partial charge in [-0.1, -0.05) is 98.5 Å². The summed E-state index contributed by atoms with van der Waals surface area (Å²) in [6.07, 6.45) is 15.4. The second-order valence-electron chi connectivity index (χ2n) is 8.30. The summed E-state index contributed by atoms with van der Waals surface area (Å²) in [6.45, 7) is 17.2. The third-order valence-electron chi connectivity index (χ3n) is 4.94. The highest BCUT2D eigenvalue weighted by Crippen LogP contribution is 2.32. The summed E-state index contributed by atoms with van der Waals surface area (Å²) in [5.74, 6) is 1.03. The fourth-order valence-corrected chi connectivity index (χ4v) is 3.04. The van der Waals surface area contributed by atoms with Crippen LogP contribution in [0.4, 0.5) is 0 Å². The minimum absolute atomic E-state index is 0.158. The molecule has 0 radical (unpaired) electrons. The number of hydrogen-bond donors (Lipinski definition) is 0. The minimum Gasteiger partial charge on any atom is -0.263 e. The van der Waals surface area contributed by atoms with Gasteiger partial charge in [0.25, 0.3) is 0 Å². The van der Waals surface area contributed by atoms with E-state index in [9.17, 15) is 0 Å². The molecule has 1 aliphatic carbocycles. The van der Waals surface area contributed by atoms with Gasteiger partial charge in [-0.3, -0.25) is 4.99 Å². The van der Waals surface area contributed by atoms with E-state index >= 15 is 0 Å². The monoisotopic (exact) mass is 321 g/mol. The maximum atomic E-state index is 4.47. The molecule has 1 rings (SSSR count). The first kappa shape index (κ1) is 22.4. The molecule has 0 aromatic rings. The Bertz CT molecular complexity index is 326. The summed E-state index contributed by atoms with van der Waals surface area (Å²) in [4.78, 5) is 4.47. The molecule has 0 atom stereocenters. The summed E-state index contributed by atoms with van der Waals surface area (Å²) in [5.41, 5.74) is 2.28. The average molecular weight is 322 g/mol. The summed E-state index contributed by atoms with van der Waals surface area (Å²) in [6, 6.07) is 0. The Balaban J connectivity index is 0.000000502. The summed E-state index contributed by atoms with van der Waals surface area (Å²) >= 11 is 0. The Labute approximate surface area is 147 Å². The molecule has 1 aliphatic rings. The third-order valence-corrected chi connectivity index (χ3v) is 4.94. The Morgan fingerprint density at radius 3 is 2.04 bits per heavy atom. The van der Waals surface area contributed by atoms with Gasteiger partial charge in [0.2, 0.25) is 0 Å². The molecule has 0 aliphatic heterocycles. The SMILES string of the molecule is C=C(N=C(C)C)C(C)(C)CCCCCC.CC1CCCCCC1. The van der Waals surface area contributed by atoms with Crippen molar-refractivity contribution in [2.75, 3.05) is 0 Å². The molecule has 1 nitrogen and oxygen atoms in total. The van der Waals surface area contributed by atoms with Crippen molar-refractivity contribution in [1.82, 2.24) is 0 Å². The van der Waals surface area contributed by atoms with Gasteiger partial charge in [0.1, 0.15) is 0 Å². The molecule has 0 aromatic carbocycles. The van der Waals surface area contributed by atoms with E-state index in [1.54, 1.807) is 0 Å². The zero-order valence-corrected chi connectivity index (χ0v) is 17.0. The normalized spacial score (nSPS) is 16.1. The van der Waals surface area contributed by atoms with E-state index < -0.39 is 0 Å². The molecule has 1 saturated carbocycles. The molecular formula is C22H43N. The minimum atomic E-state index is 0.158. The van der Waals surface area contributed by atoms with E-state index in [1.165, 1.54) is 70.6 Å². The van der Waals surface area contributed by atoms with Crippen LogP contribution in [0.15, 0.2) is 17.3 Å². The largest absolute Gasteiger partial charge is 0.263 e. The maximum absolute atomic E-state index is 4.47. The molecule has 0 amide bonds. The number of allylic oxidation sites excluding steroid dienone is 1. The van der Waals surface area contributed by atoms with Crippen LogP contribution in [0.1, 0.15) is 112 Å². The fraction of sp³-hybridized carbons (Fsp3) is 0.864. The van der Waals surface area contributed by atoms with Gasteiger partial charge >= 0.3 is 0 Å². The highest BCUT2D eigenvalue weighted by Gasteiger charge is 2.20. The molecule has 136 valence electrons. The fourth-order valence-electron chi connectivity index (χ4n) is 3.04. The predicted molar refractivity (Wildman–Crippen MR) is 107 cm³/mol. The molecule has 0 N–H and O–H groups in total. The molecule has 0 saturated heterocycles. The summed E-state index contributed by atoms with van der Waals surface area (Å²) < 4.78 is 0. The highest BCUT2D eigenvalue weighted by molar-refractivity contribution is 5.80. The Hall–Kier alpha value is -0.590. The number of aliphatic imine (C=N–C) groups is 1. The van der Waals surface area contributed by atoms with Crippen LogP contribution in [0.2, 0.25) is 0 Å². The molecule has 0 unspecified atom stereocenters. The van der Waals surface area contributed by atoms with Crippen molar-refractivity contribution >= 4 is 5.71 Å². The van der Waals surface area contributed by atoms with Crippen molar-refractivity contribution in [3.63, 3.8) is 0 Å². The number of rotatable bonds is 7. The van der Waals surface area contributed by atoms with Crippen molar-refractivity contribution in [2.24, 2.45) is 16.3 Å². The third kappa shape index (κ3) is 12.5. The Morgan fingerprint density at radius 2 is 1.57 bits per heavy atom. The Kier molecular flexibility index (Phi) is 12.5. The van der Waals surface area contributed by atoms with E-state index in [2.05, 4.69) is 39.3 Å². The van der Waals surface area contributed by atoms with Gasteiger partial charge in [-0.15, -0.1) is 0 Å². The molecule has 0 heterocycles. The molecule has 0 aromatic heterocycles. The smallest absolute Gasteiger partial charge is 0.0387 e. The van der Waals surface area contributed by atoms with Crippen LogP contribution >= 0.6 is 0 Å². The predicted octanol–water partition coefficient (Wildman–Crippen LogP) is 7.95. The second kappa shape index (κ2) is 12.8. The van der Waals surface area contributed by atoms with Gasteiger partial charge in [0.05, 0.1) is 0 Å². The van der Waals surface area contributed by atoms with Crippen LogP contribution in [0.3, 0.4) is 0 Å². The van der Waals surface area contributed by atoms with E-state index in [1.807, 2.05) is 13.8 Å². The number of nitrogens with zero attached hydrogens (tertiary/aromatic N) is 1. The number of unbranched alkanes of at least 4 members (excludes halogenated alkanes) is 3. The van der Waals surface area contributed by atoms with Gasteiger partial charge in [-0.25, -0.2) is 0 Å². The second-order valence-corrected chi connectivity index (χ2v) is 8.30. The van der Waals surface area contributed by atoms with Gasteiger partial charge in [0.15, 0.2) is 0 Å². The molecule has 0 spiro atoms.